The Morgan fingerprint density at radius 3 is 2.12 bits per heavy atom. The largest absolute Gasteiger partial charge is 0.507 e. The van der Waals surface area contributed by atoms with Crippen LogP contribution in [0.2, 0.25) is 0 Å². The topological polar surface area (TPSA) is 218 Å². The highest BCUT2D eigenvalue weighted by atomic mass is 16.4. The highest BCUT2D eigenvalue weighted by Crippen LogP contribution is 2.62. The zero-order chi connectivity index (χ0) is 31.4. The average Bonchev–Trinajstić information content (AvgIpc) is 2.79. The Morgan fingerprint density at radius 1 is 1.10 bits per heavy atom. The second-order valence-electron chi connectivity index (χ2n) is 13.5. The smallest absolute Gasteiger partial charge is 0.325 e. The fourth-order valence-electron chi connectivity index (χ4n) is 7.80. The number of benzene rings is 1. The number of phenolic OH excluding ortho intramolecular Hbond substituents is 1. The van der Waals surface area contributed by atoms with Crippen molar-refractivity contribution in [2.75, 3.05) is 14.1 Å². The summed E-state index contributed by atoms with van der Waals surface area (Å²) in [6.45, 7) is 8.21. The quantitative estimate of drug-likeness (QED) is 0.304. The van der Waals surface area contributed by atoms with Crippen LogP contribution in [0.4, 0.5) is 0 Å². The van der Waals surface area contributed by atoms with Crippen LogP contribution in [-0.4, -0.2) is 81.0 Å². The van der Waals surface area contributed by atoms with Crippen molar-refractivity contribution in [2.45, 2.75) is 70.6 Å². The second kappa shape index (κ2) is 9.01. The number of carbonyl (C=O) groups excluding carboxylic acids is 5. The molecule has 0 aliphatic heterocycles. The van der Waals surface area contributed by atoms with E-state index in [1.165, 1.54) is 32.0 Å². The molecule has 0 saturated heterocycles. The molecule has 222 valence electrons. The Balaban J connectivity index is 2.05. The zero-order valence-corrected chi connectivity index (χ0v) is 24.2. The first-order chi connectivity index (χ1) is 18.6. The van der Waals surface area contributed by atoms with Crippen LogP contribution in [-0.2, 0) is 35.8 Å². The van der Waals surface area contributed by atoms with Gasteiger partial charge in [-0.25, -0.2) is 0 Å². The number of likely N-dealkylation sites (N-methyl/N-ethyl adjacent to an activating group) is 1. The number of carboxylic acids is 1. The summed E-state index contributed by atoms with van der Waals surface area (Å²) in [5.41, 5.74) is 4.82. The van der Waals surface area contributed by atoms with E-state index in [9.17, 15) is 44.1 Å². The molecule has 2 saturated carbocycles. The summed E-state index contributed by atoms with van der Waals surface area (Å²) >= 11 is 0. The first-order valence-corrected chi connectivity index (χ1v) is 13.3. The van der Waals surface area contributed by atoms with Gasteiger partial charge in [0, 0.05) is 11.0 Å². The Kier molecular flexibility index (Phi) is 6.70. The van der Waals surface area contributed by atoms with E-state index in [1.807, 2.05) is 0 Å². The Bertz CT molecular complexity index is 1440. The van der Waals surface area contributed by atoms with Gasteiger partial charge >= 0.3 is 5.97 Å². The highest BCUT2D eigenvalue weighted by molar-refractivity contribution is 6.33. The van der Waals surface area contributed by atoms with Crippen molar-refractivity contribution in [3.63, 3.8) is 0 Å². The van der Waals surface area contributed by atoms with Gasteiger partial charge in [0.15, 0.2) is 34.7 Å². The minimum absolute atomic E-state index is 0.0930. The molecule has 3 aliphatic rings. The molecule has 0 bridgehead atoms. The van der Waals surface area contributed by atoms with Crippen molar-refractivity contribution in [1.29, 1.82) is 0 Å². The van der Waals surface area contributed by atoms with E-state index in [0.717, 1.165) is 0 Å². The second-order valence-corrected chi connectivity index (χ2v) is 13.5. The van der Waals surface area contributed by atoms with Gasteiger partial charge in [0.25, 0.3) is 0 Å². The number of nitrogens with zero attached hydrogens (tertiary/aromatic N) is 1. The minimum atomic E-state index is -2.93. The Morgan fingerprint density at radius 2 is 1.66 bits per heavy atom. The van der Waals surface area contributed by atoms with Gasteiger partial charge in [-0.05, 0) is 55.0 Å². The summed E-state index contributed by atoms with van der Waals surface area (Å²) in [5, 5.41) is 33.2. The summed E-state index contributed by atoms with van der Waals surface area (Å²) in [6, 6.07) is -1.41. The van der Waals surface area contributed by atoms with Crippen LogP contribution < -0.4 is 11.5 Å². The lowest BCUT2D eigenvalue weighted by molar-refractivity contribution is -0.203. The molecule has 1 aromatic rings. The number of aliphatic carboxylic acids is 1. The lowest BCUT2D eigenvalue weighted by Crippen LogP contribution is -2.79. The van der Waals surface area contributed by atoms with Crippen LogP contribution in [0.25, 0.3) is 0 Å². The number of rotatable bonds is 4. The van der Waals surface area contributed by atoms with Gasteiger partial charge in [-0.15, -0.1) is 0 Å². The van der Waals surface area contributed by atoms with Crippen molar-refractivity contribution < 1.29 is 44.1 Å². The number of phenols is 1. The number of hydrogen-bond acceptors (Lipinski definition) is 10. The maximum Gasteiger partial charge on any atom is 0.325 e. The molecule has 3 aliphatic carbocycles. The van der Waals surface area contributed by atoms with Crippen LogP contribution in [0.15, 0.2) is 6.07 Å². The van der Waals surface area contributed by atoms with Crippen LogP contribution in [0.1, 0.15) is 74.1 Å². The normalized spacial score (nSPS) is 34.1. The number of carboxylic acid groups (broad SMARTS) is 1. The average molecular weight is 572 g/mol. The minimum Gasteiger partial charge on any atom is -0.507 e. The van der Waals surface area contributed by atoms with E-state index >= 15 is 0 Å². The molecule has 0 radical (unpaired) electrons. The molecule has 7 N–H and O–H groups in total. The number of carbonyl (C=O) groups is 6. The molecular weight excluding hydrogens is 534 g/mol. The van der Waals surface area contributed by atoms with Gasteiger partial charge in [-0.2, -0.15) is 0 Å². The van der Waals surface area contributed by atoms with Crippen molar-refractivity contribution in [2.24, 2.45) is 34.1 Å². The number of aromatic hydroxyl groups is 1. The number of hydrogen-bond donors (Lipinski definition) is 5. The van der Waals surface area contributed by atoms with E-state index in [4.69, 9.17) is 11.5 Å². The van der Waals surface area contributed by atoms with Crippen LogP contribution in [0.5, 0.6) is 5.75 Å². The van der Waals surface area contributed by atoms with Gasteiger partial charge in [-0.3, -0.25) is 33.7 Å². The predicted octanol–water partition coefficient (Wildman–Crippen LogP) is 0.0291. The molecule has 12 nitrogen and oxygen atoms in total. The third kappa shape index (κ3) is 3.84. The van der Waals surface area contributed by atoms with Crippen molar-refractivity contribution in [1.82, 2.24) is 4.90 Å². The van der Waals surface area contributed by atoms with E-state index in [1.54, 1.807) is 27.7 Å². The molecular formula is C29H37N3O9. The highest BCUT2D eigenvalue weighted by Gasteiger charge is 2.76. The molecule has 2 fully saturated rings. The Labute approximate surface area is 237 Å². The summed E-state index contributed by atoms with van der Waals surface area (Å²) in [4.78, 5) is 81.4. The molecule has 1 amide bonds. The van der Waals surface area contributed by atoms with E-state index in [0.29, 0.717) is 0 Å². The summed E-state index contributed by atoms with van der Waals surface area (Å²) in [6.07, 6.45) is -0.334. The number of fused-ring (bicyclic) bond motifs is 3. The number of primary amides is 1. The zero-order valence-electron chi connectivity index (χ0n) is 24.2. The van der Waals surface area contributed by atoms with Crippen molar-refractivity contribution in [3.05, 3.63) is 28.3 Å². The van der Waals surface area contributed by atoms with Crippen LogP contribution in [0, 0.1) is 22.7 Å². The summed E-state index contributed by atoms with van der Waals surface area (Å²) in [7, 11) is 3.00. The lowest BCUT2D eigenvalue weighted by atomic mass is 9.42. The fraction of sp³-hybridized carbons (Fsp3) is 0.586. The Hall–Kier alpha value is -3.48. The molecule has 3 unspecified atom stereocenters. The van der Waals surface area contributed by atoms with Gasteiger partial charge in [0.2, 0.25) is 5.91 Å². The maximum absolute atomic E-state index is 14.3. The molecule has 12 heteroatoms. The summed E-state index contributed by atoms with van der Waals surface area (Å²) in [5.74, 6) is -11.2. The monoisotopic (exact) mass is 571 g/mol. The predicted molar refractivity (Wildman–Crippen MR) is 144 cm³/mol. The third-order valence-electron chi connectivity index (χ3n) is 9.43. The van der Waals surface area contributed by atoms with Gasteiger partial charge in [-0.1, -0.05) is 34.6 Å². The van der Waals surface area contributed by atoms with E-state index in [2.05, 4.69) is 0 Å². The summed E-state index contributed by atoms with van der Waals surface area (Å²) < 4.78 is 0. The van der Waals surface area contributed by atoms with Gasteiger partial charge < -0.3 is 26.8 Å². The number of aliphatic hydroxyl groups is 1. The fourth-order valence-corrected chi connectivity index (χ4v) is 7.80. The number of Topliss-reactive ketones (excluding diaryl/α,β-unsaturated/α-hetero) is 4. The molecule has 0 aromatic heterocycles. The van der Waals surface area contributed by atoms with Crippen LogP contribution >= 0.6 is 0 Å². The molecule has 0 spiro atoms. The van der Waals surface area contributed by atoms with E-state index in [-0.39, 0.29) is 35.1 Å². The van der Waals surface area contributed by atoms with Crippen molar-refractivity contribution >= 4 is 35.0 Å². The van der Waals surface area contributed by atoms with Crippen molar-refractivity contribution in [3.8, 4) is 5.75 Å². The molecule has 0 heterocycles. The van der Waals surface area contributed by atoms with Crippen LogP contribution in [0.3, 0.4) is 0 Å². The molecule has 4 rings (SSSR count). The third-order valence-corrected chi connectivity index (χ3v) is 9.43. The first kappa shape index (κ1) is 30.5. The van der Waals surface area contributed by atoms with Gasteiger partial charge in [0.05, 0.1) is 17.5 Å². The first-order valence-electron chi connectivity index (χ1n) is 13.3. The number of ketones is 4. The lowest BCUT2D eigenvalue weighted by Gasteiger charge is -2.61. The number of amides is 1. The molecule has 7 atom stereocenters. The SMILES string of the molecule is CN(C)[C@@H]1C(=O)C(C(N)=O)C(=O)[C@@]2(O)C(=O)C3C(=O)c4c(O)c(C(C)(C)C)cc(C(N)C(=O)O)c4C[C@@]3(C)C[C@@]12C. The van der Waals surface area contributed by atoms with Gasteiger partial charge in [0.1, 0.15) is 11.8 Å². The molecule has 41 heavy (non-hydrogen) atoms. The standard InChI is InChI=1S/C29H37N3O9/c1-26(2,3)13-8-11(17(30)25(39)40)12-9-27(4)10-28(5)21(32(6)7)20(35)15(24(31)38)22(36)29(28,41)23(37)16(27)19(34)14(12)18(13)33/h8,15-17,21,33,41H,9-10,30H2,1-7H3,(H2,31,38)(H,39,40)/t15?,16?,17?,21-,27+,28+,29-/m1/s1. The van der Waals surface area contributed by atoms with E-state index < -0.39 is 86.5 Å². The molecule has 1 aromatic carbocycles. The number of nitrogens with two attached hydrogens (primary N) is 2. The maximum atomic E-state index is 14.3.